The van der Waals surface area contributed by atoms with Gasteiger partial charge in [0.2, 0.25) is 0 Å². The molecular formula is C25H28N4OS. The lowest BCUT2D eigenvalue weighted by molar-refractivity contribution is 0.415. The molecule has 0 spiro atoms. The summed E-state index contributed by atoms with van der Waals surface area (Å²) in [4.78, 5) is 2.61. The van der Waals surface area contributed by atoms with E-state index in [1.807, 2.05) is 19.1 Å². The number of hydrogen-bond acceptors (Lipinski definition) is 5. The Labute approximate surface area is 188 Å². The van der Waals surface area contributed by atoms with E-state index in [4.69, 9.17) is 9.84 Å². The van der Waals surface area contributed by atoms with Crippen LogP contribution in [0.3, 0.4) is 0 Å². The van der Waals surface area contributed by atoms with Gasteiger partial charge in [-0.3, -0.25) is 0 Å². The smallest absolute Gasteiger partial charge is 0.142 e. The number of nitrogens with zero attached hydrogens (tertiary/aromatic N) is 4. The van der Waals surface area contributed by atoms with Crippen LogP contribution in [0.4, 0.5) is 5.69 Å². The van der Waals surface area contributed by atoms with Crippen molar-refractivity contribution >= 4 is 23.0 Å². The highest BCUT2D eigenvalue weighted by Crippen LogP contribution is 2.42. The quantitative estimate of drug-likeness (QED) is 0.438. The zero-order valence-corrected chi connectivity index (χ0v) is 19.2. The zero-order valence-electron chi connectivity index (χ0n) is 18.4. The van der Waals surface area contributed by atoms with E-state index in [1.54, 1.807) is 18.9 Å². The maximum Gasteiger partial charge on any atom is 0.142 e. The molecule has 6 heteroatoms. The molecular weight excluding hydrogens is 404 g/mol. The molecule has 2 aliphatic carbocycles. The molecule has 0 atom stereocenters. The number of methoxy groups -OCH3 is 1. The van der Waals surface area contributed by atoms with Crippen LogP contribution >= 0.6 is 11.8 Å². The molecule has 2 saturated carbocycles. The fourth-order valence-electron chi connectivity index (χ4n) is 4.45. The molecule has 3 aromatic rings. The van der Waals surface area contributed by atoms with Crippen molar-refractivity contribution in [1.29, 1.82) is 5.26 Å². The molecule has 0 saturated heterocycles. The lowest BCUT2D eigenvalue weighted by Gasteiger charge is -2.25. The number of ether oxygens (including phenoxy) is 1. The Hall–Kier alpha value is -2.65. The van der Waals surface area contributed by atoms with Crippen molar-refractivity contribution in [3.8, 4) is 23.1 Å². The van der Waals surface area contributed by atoms with Crippen molar-refractivity contribution < 1.29 is 4.74 Å². The van der Waals surface area contributed by atoms with Crippen LogP contribution in [0.2, 0.25) is 0 Å². The highest BCUT2D eigenvalue weighted by atomic mass is 32.2. The molecule has 160 valence electrons. The number of nitriles is 1. The van der Waals surface area contributed by atoms with Crippen LogP contribution in [-0.4, -0.2) is 36.1 Å². The number of benzene rings is 1. The fraction of sp³-hybridized carbons (Fsp3) is 0.440. The van der Waals surface area contributed by atoms with Crippen LogP contribution in [0.15, 0.2) is 35.4 Å². The van der Waals surface area contributed by atoms with E-state index in [1.165, 1.54) is 31.4 Å². The number of hydrogen-bond donors (Lipinski definition) is 0. The second kappa shape index (κ2) is 8.12. The Bertz CT molecular complexity index is 1160. The molecule has 1 aromatic carbocycles. The Morgan fingerprint density at radius 1 is 1.19 bits per heavy atom. The molecule has 0 N–H and O–H groups in total. The van der Waals surface area contributed by atoms with Gasteiger partial charge in [-0.25, -0.2) is 4.52 Å². The standard InChI is InChI=1S/C25H28N4OS/c1-16-11-19(13-26)12-22(30-2)23(16)20-5-4-6-21-24(25(31-3)27-29(20)21)28(14-17-7-8-17)15-18-9-10-18/h4-6,11-12,17-18H,7-10,14-15H2,1-3H3. The van der Waals surface area contributed by atoms with E-state index in [0.717, 1.165) is 52.3 Å². The first-order valence-corrected chi connectivity index (χ1v) is 12.2. The molecule has 0 radical (unpaired) electrons. The number of fused-ring (bicyclic) bond motifs is 1. The molecule has 5 rings (SSSR count). The number of aromatic nitrogens is 2. The Morgan fingerprint density at radius 2 is 1.90 bits per heavy atom. The summed E-state index contributed by atoms with van der Waals surface area (Å²) in [6.07, 6.45) is 7.51. The molecule has 2 aliphatic rings. The van der Waals surface area contributed by atoms with Crippen molar-refractivity contribution in [1.82, 2.24) is 9.61 Å². The van der Waals surface area contributed by atoms with Crippen molar-refractivity contribution in [2.24, 2.45) is 11.8 Å². The summed E-state index contributed by atoms with van der Waals surface area (Å²) in [6.45, 7) is 4.30. The Balaban J connectivity index is 1.68. The number of rotatable bonds is 8. The minimum atomic E-state index is 0.608. The van der Waals surface area contributed by atoms with E-state index in [9.17, 15) is 5.26 Å². The van der Waals surface area contributed by atoms with Gasteiger partial charge in [0, 0.05) is 18.7 Å². The minimum absolute atomic E-state index is 0.608. The summed E-state index contributed by atoms with van der Waals surface area (Å²) in [7, 11) is 1.66. The molecule has 31 heavy (non-hydrogen) atoms. The molecule has 2 fully saturated rings. The molecule has 0 bridgehead atoms. The predicted octanol–water partition coefficient (Wildman–Crippen LogP) is 5.54. The van der Waals surface area contributed by atoms with Crippen LogP contribution in [-0.2, 0) is 0 Å². The average molecular weight is 433 g/mol. The summed E-state index contributed by atoms with van der Waals surface area (Å²) in [6, 6.07) is 12.4. The third-order valence-electron chi connectivity index (χ3n) is 6.37. The van der Waals surface area contributed by atoms with Crippen LogP contribution in [0.1, 0.15) is 36.8 Å². The van der Waals surface area contributed by atoms with Gasteiger partial charge < -0.3 is 9.64 Å². The summed E-state index contributed by atoms with van der Waals surface area (Å²) in [5.74, 6) is 2.36. The number of pyridine rings is 1. The largest absolute Gasteiger partial charge is 0.496 e. The van der Waals surface area contributed by atoms with E-state index >= 15 is 0 Å². The molecule has 0 unspecified atom stereocenters. The van der Waals surface area contributed by atoms with Gasteiger partial charge in [0.1, 0.15) is 10.8 Å². The number of anilines is 1. The van der Waals surface area contributed by atoms with Crippen molar-refractivity contribution in [2.45, 2.75) is 37.6 Å². The maximum atomic E-state index is 9.37. The summed E-state index contributed by atoms with van der Waals surface area (Å²) in [5.41, 5.74) is 6.03. The van der Waals surface area contributed by atoms with Gasteiger partial charge in [-0.2, -0.15) is 10.4 Å². The molecule has 0 aliphatic heterocycles. The van der Waals surface area contributed by atoms with Crippen LogP contribution in [0, 0.1) is 30.1 Å². The summed E-state index contributed by atoms with van der Waals surface area (Å²) in [5, 5.41) is 15.5. The maximum absolute atomic E-state index is 9.37. The molecule has 2 aromatic heterocycles. The van der Waals surface area contributed by atoms with E-state index in [-0.39, 0.29) is 0 Å². The van der Waals surface area contributed by atoms with Crippen molar-refractivity contribution in [3.05, 3.63) is 41.5 Å². The number of thioether (sulfide) groups is 1. The van der Waals surface area contributed by atoms with Gasteiger partial charge in [0.15, 0.2) is 0 Å². The van der Waals surface area contributed by atoms with E-state index < -0.39 is 0 Å². The second-order valence-electron chi connectivity index (χ2n) is 8.84. The average Bonchev–Trinajstić information content (AvgIpc) is 3.71. The lowest BCUT2D eigenvalue weighted by atomic mass is 10.0. The van der Waals surface area contributed by atoms with Crippen LogP contribution in [0.25, 0.3) is 16.8 Å². The highest BCUT2D eigenvalue weighted by Gasteiger charge is 2.32. The van der Waals surface area contributed by atoms with Gasteiger partial charge >= 0.3 is 0 Å². The second-order valence-corrected chi connectivity index (χ2v) is 9.63. The van der Waals surface area contributed by atoms with E-state index in [0.29, 0.717) is 11.3 Å². The fourth-order valence-corrected chi connectivity index (χ4v) is 5.04. The monoisotopic (exact) mass is 432 g/mol. The molecule has 2 heterocycles. The van der Waals surface area contributed by atoms with E-state index in [2.05, 4.69) is 39.9 Å². The first kappa shape index (κ1) is 20.3. The summed E-state index contributed by atoms with van der Waals surface area (Å²) >= 11 is 1.72. The molecule has 0 amide bonds. The topological polar surface area (TPSA) is 53.6 Å². The Morgan fingerprint density at radius 3 is 2.48 bits per heavy atom. The van der Waals surface area contributed by atoms with Gasteiger partial charge in [-0.05, 0) is 80.5 Å². The van der Waals surface area contributed by atoms with Crippen LogP contribution in [0.5, 0.6) is 5.75 Å². The lowest BCUT2D eigenvalue weighted by Crippen LogP contribution is -2.28. The molecule has 5 nitrogen and oxygen atoms in total. The zero-order chi connectivity index (χ0) is 21.5. The van der Waals surface area contributed by atoms with Crippen molar-refractivity contribution in [3.63, 3.8) is 0 Å². The first-order chi connectivity index (χ1) is 15.1. The predicted molar refractivity (Wildman–Crippen MR) is 126 cm³/mol. The third-order valence-corrected chi connectivity index (χ3v) is 7.03. The van der Waals surface area contributed by atoms with Crippen LogP contribution < -0.4 is 9.64 Å². The van der Waals surface area contributed by atoms with Gasteiger partial charge in [-0.15, -0.1) is 11.8 Å². The highest BCUT2D eigenvalue weighted by molar-refractivity contribution is 7.98. The summed E-state index contributed by atoms with van der Waals surface area (Å²) < 4.78 is 7.77. The van der Waals surface area contributed by atoms with Gasteiger partial charge in [0.25, 0.3) is 0 Å². The third kappa shape index (κ3) is 3.87. The van der Waals surface area contributed by atoms with Gasteiger partial charge in [0.05, 0.1) is 35.6 Å². The minimum Gasteiger partial charge on any atom is -0.496 e. The normalized spacial score (nSPS) is 15.8. The van der Waals surface area contributed by atoms with Gasteiger partial charge in [-0.1, -0.05) is 6.07 Å². The Kier molecular flexibility index (Phi) is 5.31. The number of aryl methyl sites for hydroxylation is 1. The van der Waals surface area contributed by atoms with Crippen molar-refractivity contribution in [2.75, 3.05) is 31.4 Å². The first-order valence-electron chi connectivity index (χ1n) is 11.0. The SMILES string of the molecule is COc1cc(C#N)cc(C)c1-c1cccc2c(N(CC3CC3)CC3CC3)c(SC)nn12.